The number of likely N-dealkylation sites (N-methyl/N-ethyl adjacent to an activating group) is 2. The Labute approximate surface area is 116 Å². The smallest absolute Gasteiger partial charge is 0.236 e. The van der Waals surface area contributed by atoms with Crippen LogP contribution < -0.4 is 5.73 Å². The zero-order valence-corrected chi connectivity index (χ0v) is 12.4. The Morgan fingerprint density at radius 2 is 2.11 bits per heavy atom. The fraction of sp³-hybridized carbons (Fsp3) is 0.923. The van der Waals surface area contributed by atoms with Gasteiger partial charge in [0.15, 0.2) is 0 Å². The van der Waals surface area contributed by atoms with Gasteiger partial charge in [-0.3, -0.25) is 9.69 Å². The van der Waals surface area contributed by atoms with Crippen molar-refractivity contribution < 1.29 is 9.90 Å². The molecule has 0 aromatic rings. The Kier molecular flexibility index (Phi) is 6.71. The first kappa shape index (κ1) is 16.4. The van der Waals surface area contributed by atoms with Crippen LogP contribution in [0.2, 0.25) is 0 Å². The molecule has 0 radical (unpaired) electrons. The molecule has 3 N–H and O–H groups in total. The fourth-order valence-electron chi connectivity index (χ4n) is 2.51. The van der Waals surface area contributed by atoms with Gasteiger partial charge in [0.25, 0.3) is 0 Å². The topological polar surface area (TPSA) is 73.0 Å². The average molecular weight is 272 g/mol. The molecule has 1 aliphatic heterocycles. The Bertz CT molecular complexity index is 286. The second kappa shape index (κ2) is 7.79. The van der Waals surface area contributed by atoms with E-state index in [4.69, 9.17) is 5.73 Å². The third kappa shape index (κ3) is 5.44. The molecule has 0 aromatic carbocycles. The van der Waals surface area contributed by atoms with Crippen LogP contribution in [0.15, 0.2) is 0 Å². The quantitative estimate of drug-likeness (QED) is 0.608. The highest BCUT2D eigenvalue weighted by Crippen LogP contribution is 2.18. The van der Waals surface area contributed by atoms with Gasteiger partial charge in [0.2, 0.25) is 5.91 Å². The van der Waals surface area contributed by atoms with E-state index in [2.05, 4.69) is 9.80 Å². The van der Waals surface area contributed by atoms with Crippen molar-refractivity contribution in [2.75, 3.05) is 53.9 Å². The number of aliphatic hydroxyl groups excluding tert-OH is 1. The number of rotatable bonds is 7. The summed E-state index contributed by atoms with van der Waals surface area (Å²) in [5.41, 5.74) is 5.45. The minimum atomic E-state index is -0.313. The second-order valence-corrected chi connectivity index (χ2v) is 5.69. The molecule has 1 rings (SSSR count). The average Bonchev–Trinajstić information content (AvgIpc) is 2.65. The third-order valence-electron chi connectivity index (χ3n) is 3.54. The van der Waals surface area contributed by atoms with E-state index in [1.165, 1.54) is 0 Å². The summed E-state index contributed by atoms with van der Waals surface area (Å²) < 4.78 is 0. The summed E-state index contributed by atoms with van der Waals surface area (Å²) in [6.07, 6.45) is 1.26. The summed E-state index contributed by atoms with van der Waals surface area (Å²) in [5, 5.41) is 9.77. The lowest BCUT2D eigenvalue weighted by molar-refractivity contribution is -0.131. The number of amides is 1. The number of aliphatic hydroxyl groups is 1. The van der Waals surface area contributed by atoms with E-state index in [0.717, 1.165) is 19.4 Å². The zero-order valence-electron chi connectivity index (χ0n) is 12.4. The van der Waals surface area contributed by atoms with Gasteiger partial charge in [-0.05, 0) is 33.5 Å². The third-order valence-corrected chi connectivity index (χ3v) is 3.54. The first-order chi connectivity index (χ1) is 8.93. The molecule has 0 aliphatic carbocycles. The van der Waals surface area contributed by atoms with Gasteiger partial charge >= 0.3 is 0 Å². The lowest BCUT2D eigenvalue weighted by Gasteiger charge is -2.28. The van der Waals surface area contributed by atoms with Crippen molar-refractivity contribution in [3.05, 3.63) is 0 Å². The molecular formula is C13H28N4O2. The predicted octanol–water partition coefficient (Wildman–Crippen LogP) is -1.21. The molecule has 1 heterocycles. The van der Waals surface area contributed by atoms with Gasteiger partial charge in [-0.15, -0.1) is 0 Å². The van der Waals surface area contributed by atoms with Gasteiger partial charge in [0.05, 0.1) is 12.6 Å². The van der Waals surface area contributed by atoms with Crippen LogP contribution in [0.1, 0.15) is 12.8 Å². The van der Waals surface area contributed by atoms with Crippen molar-refractivity contribution in [2.24, 2.45) is 5.73 Å². The van der Waals surface area contributed by atoms with Gasteiger partial charge in [-0.2, -0.15) is 0 Å². The number of β-amino-alcohol motifs (C(OH)–C–C–N with tert-alkyl or cyclic N) is 1. The van der Waals surface area contributed by atoms with Crippen LogP contribution in [-0.2, 0) is 4.79 Å². The molecule has 0 saturated carbocycles. The lowest BCUT2D eigenvalue weighted by atomic mass is 10.2. The standard InChI is InChI=1S/C13H28N4O2/c1-15(2)8-11-7-12(18)9-17(11)10-13(19)16(3)6-4-5-14/h11-12,18H,4-10,14H2,1-3H3. The van der Waals surface area contributed by atoms with Crippen molar-refractivity contribution in [1.29, 1.82) is 0 Å². The van der Waals surface area contributed by atoms with Crippen LogP contribution in [0.4, 0.5) is 0 Å². The molecule has 0 aromatic heterocycles. The van der Waals surface area contributed by atoms with Crippen LogP contribution in [-0.4, -0.2) is 91.7 Å². The van der Waals surface area contributed by atoms with Crippen molar-refractivity contribution in [1.82, 2.24) is 14.7 Å². The molecule has 2 unspecified atom stereocenters. The number of hydrogen-bond acceptors (Lipinski definition) is 5. The molecule has 112 valence electrons. The summed E-state index contributed by atoms with van der Waals surface area (Å²) in [4.78, 5) is 18.0. The highest BCUT2D eigenvalue weighted by molar-refractivity contribution is 5.78. The molecule has 6 nitrogen and oxygen atoms in total. The van der Waals surface area contributed by atoms with Gasteiger partial charge in [-0.25, -0.2) is 0 Å². The van der Waals surface area contributed by atoms with E-state index in [9.17, 15) is 9.90 Å². The largest absolute Gasteiger partial charge is 0.392 e. The first-order valence-electron chi connectivity index (χ1n) is 6.95. The van der Waals surface area contributed by atoms with Gasteiger partial charge in [-0.1, -0.05) is 0 Å². The number of nitrogens with two attached hydrogens (primary N) is 1. The number of carbonyl (C=O) groups is 1. The van der Waals surface area contributed by atoms with Crippen molar-refractivity contribution in [3.63, 3.8) is 0 Å². The van der Waals surface area contributed by atoms with E-state index in [0.29, 0.717) is 26.2 Å². The SMILES string of the molecule is CN(C)CC1CC(O)CN1CC(=O)N(C)CCCN. The van der Waals surface area contributed by atoms with E-state index in [1.807, 2.05) is 21.1 Å². The van der Waals surface area contributed by atoms with Crippen LogP contribution in [0.25, 0.3) is 0 Å². The Morgan fingerprint density at radius 1 is 1.42 bits per heavy atom. The monoisotopic (exact) mass is 272 g/mol. The van der Waals surface area contributed by atoms with Crippen LogP contribution in [0.3, 0.4) is 0 Å². The van der Waals surface area contributed by atoms with Crippen LogP contribution >= 0.6 is 0 Å². The fourth-order valence-corrected chi connectivity index (χ4v) is 2.51. The maximum absolute atomic E-state index is 12.1. The highest BCUT2D eigenvalue weighted by Gasteiger charge is 2.32. The summed E-state index contributed by atoms with van der Waals surface area (Å²) in [6, 6.07) is 0.261. The number of nitrogens with zero attached hydrogens (tertiary/aromatic N) is 3. The normalized spacial score (nSPS) is 24.1. The molecule has 1 aliphatic rings. The zero-order chi connectivity index (χ0) is 14.4. The van der Waals surface area contributed by atoms with Crippen molar-refractivity contribution in [3.8, 4) is 0 Å². The minimum absolute atomic E-state index is 0.103. The van der Waals surface area contributed by atoms with E-state index >= 15 is 0 Å². The van der Waals surface area contributed by atoms with Crippen LogP contribution in [0, 0.1) is 0 Å². The summed E-state index contributed by atoms with van der Waals surface area (Å²) in [7, 11) is 5.83. The molecule has 6 heteroatoms. The van der Waals surface area contributed by atoms with Crippen molar-refractivity contribution in [2.45, 2.75) is 25.0 Å². The molecular weight excluding hydrogens is 244 g/mol. The van der Waals surface area contributed by atoms with Gasteiger partial charge in [0, 0.05) is 32.7 Å². The van der Waals surface area contributed by atoms with E-state index in [1.54, 1.807) is 4.90 Å². The Hall–Kier alpha value is -0.690. The molecule has 2 atom stereocenters. The summed E-state index contributed by atoms with van der Waals surface area (Å²) >= 11 is 0. The van der Waals surface area contributed by atoms with Crippen LogP contribution in [0.5, 0.6) is 0 Å². The number of hydrogen-bond donors (Lipinski definition) is 2. The molecule has 19 heavy (non-hydrogen) atoms. The van der Waals surface area contributed by atoms with E-state index < -0.39 is 0 Å². The molecule has 0 bridgehead atoms. The Balaban J connectivity index is 2.46. The van der Waals surface area contributed by atoms with Gasteiger partial charge in [0.1, 0.15) is 0 Å². The predicted molar refractivity (Wildman–Crippen MR) is 75.8 cm³/mol. The highest BCUT2D eigenvalue weighted by atomic mass is 16.3. The second-order valence-electron chi connectivity index (χ2n) is 5.69. The lowest BCUT2D eigenvalue weighted by Crippen LogP contribution is -2.44. The summed E-state index contributed by atoms with van der Waals surface area (Å²) in [5.74, 6) is 0.103. The summed E-state index contributed by atoms with van der Waals surface area (Å²) in [6.45, 7) is 3.15. The molecule has 1 amide bonds. The molecule has 1 fully saturated rings. The maximum Gasteiger partial charge on any atom is 0.236 e. The van der Waals surface area contributed by atoms with Crippen molar-refractivity contribution >= 4 is 5.91 Å². The first-order valence-corrected chi connectivity index (χ1v) is 6.95. The van der Waals surface area contributed by atoms with Gasteiger partial charge < -0.3 is 20.6 Å². The number of carbonyl (C=O) groups excluding carboxylic acids is 1. The van der Waals surface area contributed by atoms with E-state index in [-0.39, 0.29) is 18.1 Å². The maximum atomic E-state index is 12.1. The Morgan fingerprint density at radius 3 is 2.68 bits per heavy atom. The number of likely N-dealkylation sites (tertiary alicyclic amines) is 1. The molecule has 0 spiro atoms. The minimum Gasteiger partial charge on any atom is -0.392 e. The molecule has 1 saturated heterocycles.